The molecule has 0 amide bonds. The van der Waals surface area contributed by atoms with Gasteiger partial charge in [-0.05, 0) is 38.0 Å². The van der Waals surface area contributed by atoms with Gasteiger partial charge in [0, 0.05) is 21.1 Å². The van der Waals surface area contributed by atoms with Crippen molar-refractivity contribution in [3.63, 3.8) is 0 Å². The Labute approximate surface area is 114 Å². The summed E-state index contributed by atoms with van der Waals surface area (Å²) in [4.78, 5) is 6.96. The lowest BCUT2D eigenvalue weighted by atomic mass is 10.2. The lowest BCUT2D eigenvalue weighted by molar-refractivity contribution is 1.05. The van der Waals surface area contributed by atoms with E-state index in [0.717, 1.165) is 9.88 Å². The zero-order chi connectivity index (χ0) is 12.5. The van der Waals surface area contributed by atoms with Crippen LogP contribution in [-0.4, -0.2) is 4.98 Å². The van der Waals surface area contributed by atoms with Crippen molar-refractivity contribution in [2.45, 2.75) is 25.7 Å². The summed E-state index contributed by atoms with van der Waals surface area (Å²) in [6.07, 6.45) is 4.44. The zero-order valence-electron chi connectivity index (χ0n) is 10.0. The van der Waals surface area contributed by atoms with Crippen molar-refractivity contribution >= 4 is 34.3 Å². The molecule has 18 heavy (non-hydrogen) atoms. The number of nitriles is 1. The zero-order valence-corrected chi connectivity index (χ0v) is 11.6. The lowest BCUT2D eigenvalue weighted by Crippen LogP contribution is -1.82. The second-order valence-corrected chi connectivity index (χ2v) is 6.65. The molecule has 0 saturated heterocycles. The molecule has 2 nitrogen and oxygen atoms in total. The number of hydrogen-bond donors (Lipinski definition) is 0. The number of hydrogen-bond acceptors (Lipinski definition) is 4. The molecule has 0 N–H and O–H groups in total. The van der Waals surface area contributed by atoms with Gasteiger partial charge in [-0.25, -0.2) is 4.98 Å². The number of rotatable bonds is 3. The van der Waals surface area contributed by atoms with Gasteiger partial charge in [0.25, 0.3) is 0 Å². The van der Waals surface area contributed by atoms with Crippen molar-refractivity contribution in [1.82, 2.24) is 4.98 Å². The smallest absolute Gasteiger partial charge is 0.134 e. The average Bonchev–Trinajstić information content (AvgIpc) is 2.96. The molecular weight excluding hydrogens is 260 g/mol. The highest BCUT2D eigenvalue weighted by molar-refractivity contribution is 7.13. The number of aryl methyl sites for hydroxylation is 1. The molecule has 1 aliphatic rings. The Hall–Kier alpha value is -1.44. The maximum atomic E-state index is 9.26. The standard InChI is InChI=1S/C14H12N2S2/c1-9-2-5-12(18-9)6-11(7-15)14-16-13(8-17-14)10-3-4-10/h2,5-6,8,10H,3-4H2,1H3/b11-6+. The normalized spacial score (nSPS) is 15.7. The molecule has 90 valence electrons. The molecule has 2 heterocycles. The van der Waals surface area contributed by atoms with Gasteiger partial charge in [0.2, 0.25) is 0 Å². The van der Waals surface area contributed by atoms with Crippen LogP contribution in [0.5, 0.6) is 0 Å². The number of nitrogens with zero attached hydrogens (tertiary/aromatic N) is 2. The third-order valence-electron chi connectivity index (χ3n) is 2.92. The van der Waals surface area contributed by atoms with Crippen molar-refractivity contribution in [3.8, 4) is 6.07 Å². The second-order valence-electron chi connectivity index (χ2n) is 4.47. The van der Waals surface area contributed by atoms with Gasteiger partial charge in [-0.3, -0.25) is 0 Å². The van der Waals surface area contributed by atoms with Crippen LogP contribution >= 0.6 is 22.7 Å². The first-order valence-corrected chi connectivity index (χ1v) is 7.60. The predicted molar refractivity (Wildman–Crippen MR) is 76.6 cm³/mol. The summed E-state index contributed by atoms with van der Waals surface area (Å²) in [5, 5.41) is 12.2. The van der Waals surface area contributed by atoms with E-state index in [-0.39, 0.29) is 0 Å². The Morgan fingerprint density at radius 1 is 1.50 bits per heavy atom. The topological polar surface area (TPSA) is 36.7 Å². The molecule has 0 atom stereocenters. The van der Waals surface area contributed by atoms with Crippen LogP contribution in [0, 0.1) is 18.3 Å². The Morgan fingerprint density at radius 2 is 2.33 bits per heavy atom. The minimum Gasteiger partial charge on any atom is -0.240 e. The van der Waals surface area contributed by atoms with Crippen molar-refractivity contribution in [3.05, 3.63) is 38.0 Å². The van der Waals surface area contributed by atoms with Gasteiger partial charge in [0.15, 0.2) is 0 Å². The van der Waals surface area contributed by atoms with Crippen molar-refractivity contribution in [2.75, 3.05) is 0 Å². The third kappa shape index (κ3) is 2.38. The molecule has 1 aliphatic carbocycles. The van der Waals surface area contributed by atoms with E-state index in [4.69, 9.17) is 0 Å². The minimum atomic E-state index is 0.652. The van der Waals surface area contributed by atoms with Crippen LogP contribution < -0.4 is 0 Å². The van der Waals surface area contributed by atoms with Gasteiger partial charge in [-0.1, -0.05) is 0 Å². The van der Waals surface area contributed by atoms with Gasteiger partial charge in [0.05, 0.1) is 11.3 Å². The average molecular weight is 272 g/mol. The van der Waals surface area contributed by atoms with Gasteiger partial charge < -0.3 is 0 Å². The van der Waals surface area contributed by atoms with E-state index in [1.165, 1.54) is 23.4 Å². The molecular formula is C14H12N2S2. The number of thiophene rings is 1. The molecule has 0 unspecified atom stereocenters. The molecule has 0 radical (unpaired) electrons. The molecule has 2 aromatic rings. The van der Waals surface area contributed by atoms with E-state index in [9.17, 15) is 5.26 Å². The van der Waals surface area contributed by atoms with Gasteiger partial charge >= 0.3 is 0 Å². The van der Waals surface area contributed by atoms with Crippen LogP contribution in [0.3, 0.4) is 0 Å². The molecule has 1 saturated carbocycles. The first-order chi connectivity index (χ1) is 8.76. The summed E-state index contributed by atoms with van der Waals surface area (Å²) in [6.45, 7) is 2.07. The van der Waals surface area contributed by atoms with E-state index < -0.39 is 0 Å². The summed E-state index contributed by atoms with van der Waals surface area (Å²) >= 11 is 3.28. The Morgan fingerprint density at radius 3 is 2.94 bits per heavy atom. The fourth-order valence-corrected chi connectivity index (χ4v) is 3.48. The monoisotopic (exact) mass is 272 g/mol. The summed E-state index contributed by atoms with van der Waals surface area (Å²) in [6, 6.07) is 6.39. The number of allylic oxidation sites excluding steroid dienone is 1. The Bertz CT molecular complexity index is 639. The molecule has 0 spiro atoms. The molecule has 0 aliphatic heterocycles. The van der Waals surface area contributed by atoms with Crippen LogP contribution in [0.4, 0.5) is 0 Å². The van der Waals surface area contributed by atoms with E-state index in [0.29, 0.717) is 11.5 Å². The molecule has 1 fully saturated rings. The summed E-state index contributed by atoms with van der Waals surface area (Å²) in [5.74, 6) is 0.652. The van der Waals surface area contributed by atoms with Crippen LogP contribution in [0.25, 0.3) is 11.6 Å². The maximum Gasteiger partial charge on any atom is 0.134 e. The van der Waals surface area contributed by atoms with Crippen LogP contribution in [0.15, 0.2) is 17.5 Å². The largest absolute Gasteiger partial charge is 0.240 e. The highest BCUT2D eigenvalue weighted by Gasteiger charge is 2.26. The van der Waals surface area contributed by atoms with Gasteiger partial charge in [-0.15, -0.1) is 22.7 Å². The van der Waals surface area contributed by atoms with Gasteiger partial charge in [-0.2, -0.15) is 5.26 Å². The van der Waals surface area contributed by atoms with Crippen molar-refractivity contribution in [2.24, 2.45) is 0 Å². The molecule has 0 bridgehead atoms. The minimum absolute atomic E-state index is 0.652. The quantitative estimate of drug-likeness (QED) is 0.774. The summed E-state index contributed by atoms with van der Waals surface area (Å²) in [7, 11) is 0. The maximum absolute atomic E-state index is 9.26. The SMILES string of the molecule is Cc1ccc(/C=C(\C#N)c2nc(C3CC3)cs2)s1. The molecule has 2 aromatic heterocycles. The number of aromatic nitrogens is 1. The number of thiazole rings is 1. The molecule has 3 rings (SSSR count). The van der Waals surface area contributed by atoms with E-state index in [1.807, 2.05) is 12.1 Å². The highest BCUT2D eigenvalue weighted by atomic mass is 32.1. The molecule has 4 heteroatoms. The van der Waals surface area contributed by atoms with Gasteiger partial charge in [0.1, 0.15) is 11.1 Å². The van der Waals surface area contributed by atoms with Crippen LogP contribution in [-0.2, 0) is 0 Å². The van der Waals surface area contributed by atoms with E-state index >= 15 is 0 Å². The fourth-order valence-electron chi connectivity index (χ4n) is 1.79. The third-order valence-corrected chi connectivity index (χ3v) is 4.76. The van der Waals surface area contributed by atoms with E-state index in [2.05, 4.69) is 29.4 Å². The van der Waals surface area contributed by atoms with Crippen molar-refractivity contribution < 1.29 is 0 Å². The molecule has 0 aromatic carbocycles. The Kier molecular flexibility index (Phi) is 3.02. The predicted octanol–water partition coefficient (Wildman–Crippen LogP) is 4.45. The van der Waals surface area contributed by atoms with Crippen LogP contribution in [0.2, 0.25) is 0 Å². The van der Waals surface area contributed by atoms with Crippen LogP contribution in [0.1, 0.15) is 39.2 Å². The fraction of sp³-hybridized carbons (Fsp3) is 0.286. The first kappa shape index (κ1) is 11.6. The second kappa shape index (κ2) is 4.68. The van der Waals surface area contributed by atoms with Crippen molar-refractivity contribution in [1.29, 1.82) is 5.26 Å². The summed E-state index contributed by atoms with van der Waals surface area (Å²) in [5.41, 5.74) is 1.84. The Balaban J connectivity index is 1.91. The highest BCUT2D eigenvalue weighted by Crippen LogP contribution is 2.41. The van der Waals surface area contributed by atoms with E-state index in [1.54, 1.807) is 22.7 Å². The summed E-state index contributed by atoms with van der Waals surface area (Å²) < 4.78 is 0. The lowest BCUT2D eigenvalue weighted by Gasteiger charge is -1.92. The first-order valence-electron chi connectivity index (χ1n) is 5.90.